The van der Waals surface area contributed by atoms with Crippen molar-refractivity contribution in [2.75, 3.05) is 46.3 Å². The molecule has 0 spiro atoms. The van der Waals surface area contributed by atoms with Crippen LogP contribution in [0.4, 0.5) is 0 Å². The lowest BCUT2D eigenvalue weighted by Gasteiger charge is -2.23. The first-order chi connectivity index (χ1) is 7.76. The molecular formula is C12H24N4. The van der Waals surface area contributed by atoms with Gasteiger partial charge in [-0.15, -0.1) is 0 Å². The minimum atomic E-state index is -0.0108. The molecule has 0 aromatic heterocycles. The van der Waals surface area contributed by atoms with Gasteiger partial charge in [-0.05, 0) is 39.5 Å². The number of nitrogens with zero attached hydrogens (tertiary/aromatic N) is 3. The monoisotopic (exact) mass is 224 g/mol. The zero-order chi connectivity index (χ0) is 11.8. The fourth-order valence-electron chi connectivity index (χ4n) is 2.01. The number of likely N-dealkylation sites (N-methyl/N-ethyl adjacent to an activating group) is 1. The van der Waals surface area contributed by atoms with Gasteiger partial charge in [-0.1, -0.05) is 6.92 Å². The largest absolute Gasteiger partial charge is 0.305 e. The second-order valence-corrected chi connectivity index (χ2v) is 4.59. The highest BCUT2D eigenvalue weighted by Gasteiger charge is 2.15. The van der Waals surface area contributed by atoms with Gasteiger partial charge in [-0.2, -0.15) is 5.26 Å². The van der Waals surface area contributed by atoms with Crippen LogP contribution in [-0.4, -0.2) is 62.2 Å². The molecule has 0 aromatic carbocycles. The summed E-state index contributed by atoms with van der Waals surface area (Å²) in [4.78, 5) is 4.76. The normalized spacial score (nSPS) is 21.3. The van der Waals surface area contributed by atoms with Gasteiger partial charge in [0, 0.05) is 19.6 Å². The zero-order valence-corrected chi connectivity index (χ0v) is 10.6. The van der Waals surface area contributed by atoms with E-state index in [-0.39, 0.29) is 6.04 Å². The van der Waals surface area contributed by atoms with E-state index >= 15 is 0 Å². The molecule has 16 heavy (non-hydrogen) atoms. The smallest absolute Gasteiger partial charge is 0.108 e. The molecule has 0 saturated carbocycles. The molecule has 1 heterocycles. The fraction of sp³-hybridized carbons (Fsp3) is 0.917. The number of rotatable bonds is 5. The molecule has 0 bridgehead atoms. The molecule has 1 N–H and O–H groups in total. The predicted molar refractivity (Wildman–Crippen MR) is 66.2 cm³/mol. The van der Waals surface area contributed by atoms with E-state index in [9.17, 15) is 0 Å². The average Bonchev–Trinajstić information content (AvgIpc) is 2.49. The second kappa shape index (κ2) is 7.61. The van der Waals surface area contributed by atoms with Gasteiger partial charge in [0.1, 0.15) is 6.04 Å². The van der Waals surface area contributed by atoms with Crippen molar-refractivity contribution in [1.29, 1.82) is 5.26 Å². The van der Waals surface area contributed by atoms with Crippen molar-refractivity contribution in [3.05, 3.63) is 0 Å². The second-order valence-electron chi connectivity index (χ2n) is 4.59. The highest BCUT2D eigenvalue weighted by molar-refractivity contribution is 4.92. The van der Waals surface area contributed by atoms with Crippen molar-refractivity contribution >= 4 is 0 Å². The van der Waals surface area contributed by atoms with Gasteiger partial charge in [0.15, 0.2) is 0 Å². The summed E-state index contributed by atoms with van der Waals surface area (Å²) in [6, 6.07) is 2.34. The number of nitrogens with one attached hydrogen (secondary N) is 1. The summed E-state index contributed by atoms with van der Waals surface area (Å²) < 4.78 is 0. The third-order valence-electron chi connectivity index (χ3n) is 3.05. The molecule has 4 heteroatoms. The molecule has 0 amide bonds. The molecule has 1 atom stereocenters. The molecule has 0 aliphatic carbocycles. The van der Waals surface area contributed by atoms with Crippen molar-refractivity contribution in [2.24, 2.45) is 0 Å². The summed E-state index contributed by atoms with van der Waals surface area (Å²) in [7, 11) is 2.17. The van der Waals surface area contributed by atoms with Gasteiger partial charge < -0.3 is 10.2 Å². The van der Waals surface area contributed by atoms with E-state index in [0.717, 1.165) is 39.1 Å². The third kappa shape index (κ3) is 4.93. The van der Waals surface area contributed by atoms with Crippen LogP contribution < -0.4 is 5.32 Å². The van der Waals surface area contributed by atoms with Gasteiger partial charge in [0.05, 0.1) is 6.07 Å². The highest BCUT2D eigenvalue weighted by Crippen LogP contribution is 2.01. The van der Waals surface area contributed by atoms with E-state index < -0.39 is 0 Å². The first-order valence-corrected chi connectivity index (χ1v) is 6.30. The Labute approximate surface area is 99.2 Å². The lowest BCUT2D eigenvalue weighted by molar-refractivity contribution is 0.261. The Hall–Kier alpha value is -0.630. The van der Waals surface area contributed by atoms with E-state index in [4.69, 9.17) is 5.26 Å². The van der Waals surface area contributed by atoms with Gasteiger partial charge in [0.2, 0.25) is 0 Å². The molecule has 1 aliphatic rings. The van der Waals surface area contributed by atoms with Crippen molar-refractivity contribution in [3.8, 4) is 6.07 Å². The van der Waals surface area contributed by atoms with E-state index in [1.165, 1.54) is 13.0 Å². The van der Waals surface area contributed by atoms with Crippen LogP contribution in [0.15, 0.2) is 0 Å². The number of hydrogen-bond donors (Lipinski definition) is 1. The van der Waals surface area contributed by atoms with E-state index in [1.54, 1.807) is 0 Å². The summed E-state index contributed by atoms with van der Waals surface area (Å²) in [5.74, 6) is 0. The number of nitriles is 1. The maximum atomic E-state index is 9.06. The van der Waals surface area contributed by atoms with Gasteiger partial charge in [0.25, 0.3) is 0 Å². The minimum absolute atomic E-state index is 0.0108. The van der Waals surface area contributed by atoms with Gasteiger partial charge in [-0.25, -0.2) is 0 Å². The Kier molecular flexibility index (Phi) is 6.39. The molecule has 1 aliphatic heterocycles. The summed E-state index contributed by atoms with van der Waals surface area (Å²) in [6.07, 6.45) is 2.29. The third-order valence-corrected chi connectivity index (χ3v) is 3.05. The molecule has 1 saturated heterocycles. The topological polar surface area (TPSA) is 42.3 Å². The van der Waals surface area contributed by atoms with Crippen LogP contribution >= 0.6 is 0 Å². The average molecular weight is 224 g/mol. The lowest BCUT2D eigenvalue weighted by atomic mass is 10.2. The molecular weight excluding hydrogens is 200 g/mol. The summed E-state index contributed by atoms with van der Waals surface area (Å²) in [5.41, 5.74) is 0. The van der Waals surface area contributed by atoms with Crippen LogP contribution in [-0.2, 0) is 0 Å². The standard InChI is InChI=1S/C12H24N4/c1-3-5-14-12(10-13)11-16-7-4-6-15(2)8-9-16/h12,14H,3-9,11H2,1-2H3. The Morgan fingerprint density at radius 2 is 2.12 bits per heavy atom. The number of hydrogen-bond acceptors (Lipinski definition) is 4. The zero-order valence-electron chi connectivity index (χ0n) is 10.6. The maximum Gasteiger partial charge on any atom is 0.108 e. The Morgan fingerprint density at radius 3 is 2.81 bits per heavy atom. The fourth-order valence-corrected chi connectivity index (χ4v) is 2.01. The van der Waals surface area contributed by atoms with Crippen LogP contribution in [0, 0.1) is 11.3 Å². The molecule has 1 unspecified atom stereocenters. The van der Waals surface area contributed by atoms with Crippen LogP contribution in [0.25, 0.3) is 0 Å². The maximum absolute atomic E-state index is 9.06. The Balaban J connectivity index is 2.30. The van der Waals surface area contributed by atoms with Crippen LogP contribution in [0.3, 0.4) is 0 Å². The predicted octanol–water partition coefficient (Wildman–Crippen LogP) is 0.516. The molecule has 4 nitrogen and oxygen atoms in total. The summed E-state index contributed by atoms with van der Waals surface area (Å²) in [6.45, 7) is 8.43. The summed E-state index contributed by atoms with van der Waals surface area (Å²) in [5, 5.41) is 12.3. The van der Waals surface area contributed by atoms with Crippen molar-refractivity contribution in [2.45, 2.75) is 25.8 Å². The molecule has 0 aromatic rings. The van der Waals surface area contributed by atoms with Crippen LogP contribution in [0.1, 0.15) is 19.8 Å². The lowest BCUT2D eigenvalue weighted by Crippen LogP contribution is -2.41. The van der Waals surface area contributed by atoms with E-state index in [0.29, 0.717) is 0 Å². The highest BCUT2D eigenvalue weighted by atomic mass is 15.2. The quantitative estimate of drug-likeness (QED) is 0.739. The van der Waals surface area contributed by atoms with Crippen molar-refractivity contribution in [1.82, 2.24) is 15.1 Å². The van der Waals surface area contributed by atoms with Gasteiger partial charge >= 0.3 is 0 Å². The Morgan fingerprint density at radius 1 is 1.31 bits per heavy atom. The first kappa shape index (κ1) is 13.4. The van der Waals surface area contributed by atoms with E-state index in [2.05, 4.69) is 35.2 Å². The van der Waals surface area contributed by atoms with Crippen molar-refractivity contribution < 1.29 is 0 Å². The SMILES string of the molecule is CCCNC(C#N)CN1CCCN(C)CC1. The van der Waals surface area contributed by atoms with Crippen LogP contribution in [0.5, 0.6) is 0 Å². The molecule has 0 radical (unpaired) electrons. The summed E-state index contributed by atoms with van der Waals surface area (Å²) >= 11 is 0. The van der Waals surface area contributed by atoms with Crippen molar-refractivity contribution in [3.63, 3.8) is 0 Å². The minimum Gasteiger partial charge on any atom is -0.305 e. The molecule has 1 rings (SSSR count). The molecule has 1 fully saturated rings. The Bertz CT molecular complexity index is 224. The molecule has 92 valence electrons. The van der Waals surface area contributed by atoms with E-state index in [1.807, 2.05) is 0 Å². The van der Waals surface area contributed by atoms with Crippen LogP contribution in [0.2, 0.25) is 0 Å². The van der Waals surface area contributed by atoms with Gasteiger partial charge in [-0.3, -0.25) is 4.90 Å². The first-order valence-electron chi connectivity index (χ1n) is 6.30.